The first-order valence-electron chi connectivity index (χ1n) is 8.87. The molecule has 0 radical (unpaired) electrons. The Hall–Kier alpha value is -1.06. The third-order valence-corrected chi connectivity index (χ3v) is 9.02. The average Bonchev–Trinajstić information content (AvgIpc) is 3.22. The number of benzene rings is 2. The van der Waals surface area contributed by atoms with Gasteiger partial charge in [-0.05, 0) is 30.3 Å². The lowest BCUT2D eigenvalue weighted by atomic mass is 10.2. The third-order valence-electron chi connectivity index (χ3n) is 4.75. The fraction of sp³-hybridized carbons (Fsp3) is 0.211. The van der Waals surface area contributed by atoms with Gasteiger partial charge in [-0.3, -0.25) is 0 Å². The van der Waals surface area contributed by atoms with Crippen LogP contribution >= 0.6 is 57.7 Å². The van der Waals surface area contributed by atoms with Crippen LogP contribution in [0.5, 0.6) is 0 Å². The van der Waals surface area contributed by atoms with Gasteiger partial charge >= 0.3 is 0 Å². The summed E-state index contributed by atoms with van der Waals surface area (Å²) in [5, 5.41) is 4.30. The minimum Gasteiger partial charge on any atom is -0.345 e. The van der Waals surface area contributed by atoms with Crippen molar-refractivity contribution >= 4 is 72.9 Å². The van der Waals surface area contributed by atoms with Crippen LogP contribution in [0.25, 0.3) is 11.3 Å². The Morgan fingerprint density at radius 3 is 2.10 bits per heavy atom. The number of aromatic nitrogens is 1. The van der Waals surface area contributed by atoms with Crippen molar-refractivity contribution in [2.75, 3.05) is 31.1 Å². The van der Waals surface area contributed by atoms with E-state index in [4.69, 9.17) is 46.4 Å². The Morgan fingerprint density at radius 1 is 0.833 bits per heavy atom. The lowest BCUT2D eigenvalue weighted by molar-refractivity contribution is 0.385. The van der Waals surface area contributed by atoms with Crippen LogP contribution in [0, 0.1) is 0 Å². The molecule has 0 amide bonds. The summed E-state index contributed by atoms with van der Waals surface area (Å²) in [5.41, 5.74) is 1.69. The summed E-state index contributed by atoms with van der Waals surface area (Å²) in [6.07, 6.45) is 0. The Kier molecular flexibility index (Phi) is 6.51. The molecule has 0 spiro atoms. The number of halogens is 4. The quantitative estimate of drug-likeness (QED) is 0.425. The van der Waals surface area contributed by atoms with E-state index in [1.807, 2.05) is 11.4 Å². The summed E-state index contributed by atoms with van der Waals surface area (Å²) in [7, 11) is -3.63. The predicted octanol–water partition coefficient (Wildman–Crippen LogP) is 5.93. The second kappa shape index (κ2) is 8.82. The predicted molar refractivity (Wildman–Crippen MR) is 125 cm³/mol. The van der Waals surface area contributed by atoms with Crippen molar-refractivity contribution in [2.24, 2.45) is 0 Å². The van der Waals surface area contributed by atoms with E-state index in [1.165, 1.54) is 33.8 Å². The number of thiazole rings is 1. The Bertz CT molecular complexity index is 1190. The number of nitrogens with zero attached hydrogens (tertiary/aromatic N) is 3. The van der Waals surface area contributed by atoms with Gasteiger partial charge in [0.25, 0.3) is 0 Å². The van der Waals surface area contributed by atoms with E-state index in [0.717, 1.165) is 16.4 Å². The van der Waals surface area contributed by atoms with Crippen molar-refractivity contribution < 1.29 is 8.42 Å². The highest BCUT2D eigenvalue weighted by Gasteiger charge is 2.29. The number of sulfonamides is 1. The average molecular weight is 523 g/mol. The van der Waals surface area contributed by atoms with E-state index in [9.17, 15) is 8.42 Å². The largest absolute Gasteiger partial charge is 0.345 e. The van der Waals surface area contributed by atoms with Crippen LogP contribution in [0.4, 0.5) is 5.13 Å². The molecule has 3 aromatic rings. The zero-order valence-corrected chi connectivity index (χ0v) is 20.0. The van der Waals surface area contributed by atoms with Gasteiger partial charge in [-0.2, -0.15) is 4.31 Å². The molecule has 0 saturated carbocycles. The first kappa shape index (κ1) is 22.1. The Labute approximate surface area is 198 Å². The maximum absolute atomic E-state index is 12.9. The second-order valence-electron chi connectivity index (χ2n) is 6.61. The van der Waals surface area contributed by atoms with Gasteiger partial charge in [-0.1, -0.05) is 52.5 Å². The second-order valence-corrected chi connectivity index (χ2v) is 11.0. The molecule has 1 fully saturated rings. The van der Waals surface area contributed by atoms with Crippen LogP contribution in [-0.4, -0.2) is 43.9 Å². The smallest absolute Gasteiger partial charge is 0.243 e. The van der Waals surface area contributed by atoms with Gasteiger partial charge in [-0.25, -0.2) is 13.4 Å². The van der Waals surface area contributed by atoms with Gasteiger partial charge in [0, 0.05) is 37.1 Å². The number of hydrogen-bond donors (Lipinski definition) is 0. The monoisotopic (exact) mass is 521 g/mol. The highest BCUT2D eigenvalue weighted by atomic mass is 35.5. The van der Waals surface area contributed by atoms with Gasteiger partial charge < -0.3 is 4.90 Å². The number of piperazine rings is 1. The highest BCUT2D eigenvalue weighted by Crippen LogP contribution is 2.32. The van der Waals surface area contributed by atoms with Crippen LogP contribution in [0.1, 0.15) is 0 Å². The van der Waals surface area contributed by atoms with Gasteiger partial charge in [0.15, 0.2) is 5.13 Å². The van der Waals surface area contributed by atoms with Crippen molar-refractivity contribution in [3.8, 4) is 11.3 Å². The van der Waals surface area contributed by atoms with Crippen LogP contribution in [0.3, 0.4) is 0 Å². The SMILES string of the molecule is O=S(=O)(c1ccc(Cl)c(Cl)c1)N1CCN(c2nc(-c3ccc(Cl)c(Cl)c3)cs2)CC1. The molecule has 1 aliphatic heterocycles. The van der Waals surface area contributed by atoms with E-state index in [1.54, 1.807) is 12.1 Å². The summed E-state index contributed by atoms with van der Waals surface area (Å²) >= 11 is 25.5. The van der Waals surface area contributed by atoms with Crippen molar-refractivity contribution in [2.45, 2.75) is 4.90 Å². The molecule has 11 heteroatoms. The topological polar surface area (TPSA) is 53.5 Å². The number of hydrogen-bond acceptors (Lipinski definition) is 5. The molecule has 1 aliphatic rings. The van der Waals surface area contributed by atoms with E-state index < -0.39 is 10.0 Å². The molecule has 0 atom stereocenters. The number of anilines is 1. The fourth-order valence-electron chi connectivity index (χ4n) is 3.10. The van der Waals surface area contributed by atoms with Crippen LogP contribution in [0.2, 0.25) is 20.1 Å². The molecule has 30 heavy (non-hydrogen) atoms. The van der Waals surface area contributed by atoms with Gasteiger partial charge in [0.2, 0.25) is 10.0 Å². The fourth-order valence-corrected chi connectivity index (χ4v) is 6.10. The summed E-state index contributed by atoms with van der Waals surface area (Å²) in [4.78, 5) is 6.90. The first-order valence-corrected chi connectivity index (χ1v) is 12.7. The van der Waals surface area contributed by atoms with Gasteiger partial charge in [0.05, 0.1) is 30.7 Å². The molecule has 1 aromatic heterocycles. The molecule has 0 N–H and O–H groups in total. The highest BCUT2D eigenvalue weighted by molar-refractivity contribution is 7.89. The maximum atomic E-state index is 12.9. The summed E-state index contributed by atoms with van der Waals surface area (Å²) < 4.78 is 27.3. The van der Waals surface area contributed by atoms with E-state index in [0.29, 0.717) is 41.2 Å². The maximum Gasteiger partial charge on any atom is 0.243 e. The molecule has 158 valence electrons. The molecule has 5 nitrogen and oxygen atoms in total. The summed E-state index contributed by atoms with van der Waals surface area (Å²) in [5.74, 6) is 0. The number of rotatable bonds is 4. The van der Waals surface area contributed by atoms with Crippen LogP contribution in [-0.2, 0) is 10.0 Å². The third kappa shape index (κ3) is 4.43. The Balaban J connectivity index is 1.46. The lowest BCUT2D eigenvalue weighted by Crippen LogP contribution is -2.48. The van der Waals surface area contributed by atoms with Gasteiger partial charge in [0.1, 0.15) is 0 Å². The summed E-state index contributed by atoms with van der Waals surface area (Å²) in [6.45, 7) is 1.78. The molecule has 2 aromatic carbocycles. The van der Waals surface area contributed by atoms with E-state index >= 15 is 0 Å². The van der Waals surface area contributed by atoms with Crippen molar-refractivity contribution in [3.63, 3.8) is 0 Å². The normalized spacial score (nSPS) is 15.5. The van der Waals surface area contributed by atoms with E-state index in [-0.39, 0.29) is 9.92 Å². The van der Waals surface area contributed by atoms with E-state index in [2.05, 4.69) is 9.88 Å². The van der Waals surface area contributed by atoms with Crippen LogP contribution in [0.15, 0.2) is 46.7 Å². The van der Waals surface area contributed by atoms with Crippen LogP contribution < -0.4 is 4.90 Å². The molecule has 0 aliphatic carbocycles. The minimum atomic E-state index is -3.63. The molecule has 0 bridgehead atoms. The molecular weight excluding hydrogens is 508 g/mol. The molecule has 2 heterocycles. The van der Waals surface area contributed by atoms with Crippen molar-refractivity contribution in [3.05, 3.63) is 61.9 Å². The zero-order valence-electron chi connectivity index (χ0n) is 15.4. The Morgan fingerprint density at radius 2 is 1.47 bits per heavy atom. The van der Waals surface area contributed by atoms with Gasteiger partial charge in [-0.15, -0.1) is 11.3 Å². The molecule has 1 saturated heterocycles. The molecule has 4 rings (SSSR count). The molecular formula is C19H15Cl4N3O2S2. The lowest BCUT2D eigenvalue weighted by Gasteiger charge is -2.33. The first-order chi connectivity index (χ1) is 14.3. The standard InChI is InChI=1S/C19H15Cl4N3O2S2/c20-14-3-1-12(9-16(14)22)18-11-29-19(24-18)25-5-7-26(8-6-25)30(27,28)13-2-4-15(21)17(23)10-13/h1-4,9-11H,5-8H2. The zero-order chi connectivity index (χ0) is 21.5. The van der Waals surface area contributed by atoms with Crippen molar-refractivity contribution in [1.82, 2.24) is 9.29 Å². The minimum absolute atomic E-state index is 0.140. The van der Waals surface area contributed by atoms with Crippen molar-refractivity contribution in [1.29, 1.82) is 0 Å². The molecule has 0 unspecified atom stereocenters. The summed E-state index contributed by atoms with van der Waals surface area (Å²) in [6, 6.07) is 9.74.